The molecule has 1 rings (SSSR count). The van der Waals surface area contributed by atoms with Crippen LogP contribution in [0.3, 0.4) is 0 Å². The molecule has 2 N–H and O–H groups in total. The molecule has 0 heterocycles. The quantitative estimate of drug-likeness (QED) is 0.673. The number of carboxylic acid groups (broad SMARTS) is 1. The minimum absolute atomic E-state index is 0.626. The lowest BCUT2D eigenvalue weighted by atomic mass is 9.75. The van der Waals surface area contributed by atoms with Gasteiger partial charge in [0.05, 0.1) is 0 Å². The zero-order valence-corrected chi connectivity index (χ0v) is 11.3. The van der Waals surface area contributed by atoms with Gasteiger partial charge in [-0.05, 0) is 44.6 Å². The fourth-order valence-electron chi connectivity index (χ4n) is 2.84. The van der Waals surface area contributed by atoms with E-state index in [0.29, 0.717) is 0 Å². The summed E-state index contributed by atoms with van der Waals surface area (Å²) in [4.78, 5) is 11.5. The van der Waals surface area contributed by atoms with E-state index in [9.17, 15) is 9.90 Å². The molecule has 0 aromatic rings. The Morgan fingerprint density at radius 1 is 1.29 bits per heavy atom. The first-order valence-electron chi connectivity index (χ1n) is 7.13. The van der Waals surface area contributed by atoms with Gasteiger partial charge in [-0.15, -0.1) is 0 Å². The molecule has 0 aliphatic heterocycles. The third-order valence-corrected chi connectivity index (χ3v) is 4.06. The van der Waals surface area contributed by atoms with Crippen LogP contribution in [0.2, 0.25) is 0 Å². The van der Waals surface area contributed by atoms with Crippen LogP contribution in [0.1, 0.15) is 65.2 Å². The van der Waals surface area contributed by atoms with Gasteiger partial charge in [-0.2, -0.15) is 0 Å². The Bertz CT molecular complexity index is 232. The molecule has 0 aromatic heterocycles. The number of hydrogen-bond acceptors (Lipinski definition) is 2. The average Bonchev–Trinajstić information content (AvgIpc) is 2.32. The Balaban J connectivity index is 2.48. The van der Waals surface area contributed by atoms with Gasteiger partial charge in [0.15, 0.2) is 0 Å². The van der Waals surface area contributed by atoms with E-state index in [1.807, 2.05) is 0 Å². The highest BCUT2D eigenvalue weighted by Crippen LogP contribution is 2.34. The number of carbonyl (C=O) groups is 1. The van der Waals surface area contributed by atoms with Crippen molar-refractivity contribution in [3.05, 3.63) is 0 Å². The van der Waals surface area contributed by atoms with Crippen molar-refractivity contribution in [2.75, 3.05) is 6.54 Å². The Kier molecular flexibility index (Phi) is 5.96. The molecule has 3 nitrogen and oxygen atoms in total. The molecule has 17 heavy (non-hydrogen) atoms. The lowest BCUT2D eigenvalue weighted by Gasteiger charge is -2.37. The Morgan fingerprint density at radius 2 is 1.94 bits per heavy atom. The normalized spacial score (nSPS) is 29.2. The van der Waals surface area contributed by atoms with Gasteiger partial charge in [-0.1, -0.05) is 33.1 Å². The van der Waals surface area contributed by atoms with E-state index in [-0.39, 0.29) is 0 Å². The highest BCUT2D eigenvalue weighted by atomic mass is 16.4. The van der Waals surface area contributed by atoms with Gasteiger partial charge in [-0.25, -0.2) is 0 Å². The average molecular weight is 241 g/mol. The number of rotatable bonds is 7. The molecular formula is C14H27NO2. The lowest BCUT2D eigenvalue weighted by Crippen LogP contribution is -2.54. The van der Waals surface area contributed by atoms with E-state index in [0.717, 1.165) is 51.0 Å². The van der Waals surface area contributed by atoms with Crippen LogP contribution >= 0.6 is 0 Å². The van der Waals surface area contributed by atoms with Crippen LogP contribution in [0.15, 0.2) is 0 Å². The molecule has 1 aliphatic carbocycles. The summed E-state index contributed by atoms with van der Waals surface area (Å²) >= 11 is 0. The number of unbranched alkanes of at least 4 members (excludes halogenated alkanes) is 1. The molecule has 0 unspecified atom stereocenters. The predicted molar refractivity (Wildman–Crippen MR) is 70.1 cm³/mol. The molecule has 100 valence electrons. The van der Waals surface area contributed by atoms with Gasteiger partial charge in [0.25, 0.3) is 0 Å². The lowest BCUT2D eigenvalue weighted by molar-refractivity contribution is -0.146. The first-order chi connectivity index (χ1) is 8.14. The Hall–Kier alpha value is -0.570. The third-order valence-electron chi connectivity index (χ3n) is 4.06. The van der Waals surface area contributed by atoms with Gasteiger partial charge < -0.3 is 10.4 Å². The summed E-state index contributed by atoms with van der Waals surface area (Å²) < 4.78 is 0. The van der Waals surface area contributed by atoms with Crippen LogP contribution in [0.4, 0.5) is 0 Å². The summed E-state index contributed by atoms with van der Waals surface area (Å²) in [6, 6.07) is 0. The molecule has 0 bridgehead atoms. The monoisotopic (exact) mass is 241 g/mol. The van der Waals surface area contributed by atoms with Crippen LogP contribution in [-0.2, 0) is 4.79 Å². The van der Waals surface area contributed by atoms with E-state index in [4.69, 9.17) is 0 Å². The molecule has 0 atom stereocenters. The smallest absolute Gasteiger partial charge is 0.323 e. The van der Waals surface area contributed by atoms with E-state index in [1.165, 1.54) is 12.8 Å². The van der Waals surface area contributed by atoms with Crippen LogP contribution in [0.25, 0.3) is 0 Å². The zero-order valence-electron chi connectivity index (χ0n) is 11.3. The predicted octanol–water partition coefficient (Wildman–Crippen LogP) is 3.19. The van der Waals surface area contributed by atoms with Crippen LogP contribution < -0.4 is 5.32 Å². The minimum atomic E-state index is -0.649. The molecule has 0 spiro atoms. The minimum Gasteiger partial charge on any atom is -0.480 e. The number of hydrogen-bond donors (Lipinski definition) is 2. The molecule has 3 heteroatoms. The van der Waals surface area contributed by atoms with Crippen molar-refractivity contribution < 1.29 is 9.90 Å². The topological polar surface area (TPSA) is 49.3 Å². The Morgan fingerprint density at radius 3 is 2.41 bits per heavy atom. The third kappa shape index (κ3) is 3.98. The summed E-state index contributed by atoms with van der Waals surface area (Å²) in [7, 11) is 0. The highest BCUT2D eigenvalue weighted by Gasteiger charge is 2.40. The van der Waals surface area contributed by atoms with Crippen molar-refractivity contribution in [3.8, 4) is 0 Å². The van der Waals surface area contributed by atoms with Crippen molar-refractivity contribution in [1.29, 1.82) is 0 Å². The molecule has 0 radical (unpaired) electrons. The maximum absolute atomic E-state index is 11.5. The number of carboxylic acids is 1. The molecule has 1 saturated carbocycles. The van der Waals surface area contributed by atoms with E-state index >= 15 is 0 Å². The molecule has 0 saturated heterocycles. The first kappa shape index (κ1) is 14.5. The second kappa shape index (κ2) is 7.00. The van der Waals surface area contributed by atoms with E-state index in [1.54, 1.807) is 0 Å². The van der Waals surface area contributed by atoms with E-state index in [2.05, 4.69) is 19.2 Å². The standard InChI is InChI=1S/C14H27NO2/c1-3-5-11-15-14(13(16)17)9-7-12(6-4-2)8-10-14/h12,15H,3-11H2,1-2H3,(H,16,17). The van der Waals surface area contributed by atoms with Gasteiger partial charge in [-0.3, -0.25) is 4.79 Å². The van der Waals surface area contributed by atoms with Gasteiger partial charge >= 0.3 is 5.97 Å². The van der Waals surface area contributed by atoms with Crippen LogP contribution in [0, 0.1) is 5.92 Å². The molecule has 1 aliphatic rings. The second-order valence-corrected chi connectivity index (χ2v) is 5.40. The number of aliphatic carboxylic acids is 1. The molecule has 0 aromatic carbocycles. The summed E-state index contributed by atoms with van der Waals surface area (Å²) in [5, 5.41) is 12.7. The van der Waals surface area contributed by atoms with Gasteiger partial charge in [0.2, 0.25) is 0 Å². The summed E-state index contributed by atoms with van der Waals surface area (Å²) in [6.07, 6.45) is 8.39. The van der Waals surface area contributed by atoms with Crippen molar-refractivity contribution in [3.63, 3.8) is 0 Å². The van der Waals surface area contributed by atoms with E-state index < -0.39 is 11.5 Å². The number of nitrogens with one attached hydrogen (secondary N) is 1. The van der Waals surface area contributed by atoms with Crippen molar-refractivity contribution in [2.45, 2.75) is 70.8 Å². The summed E-state index contributed by atoms with van der Waals surface area (Å²) in [5.41, 5.74) is -0.626. The largest absolute Gasteiger partial charge is 0.480 e. The fraction of sp³-hybridized carbons (Fsp3) is 0.929. The molecular weight excluding hydrogens is 214 g/mol. The maximum Gasteiger partial charge on any atom is 0.323 e. The van der Waals surface area contributed by atoms with Crippen molar-refractivity contribution in [1.82, 2.24) is 5.32 Å². The van der Waals surface area contributed by atoms with Crippen LogP contribution in [0.5, 0.6) is 0 Å². The molecule has 1 fully saturated rings. The van der Waals surface area contributed by atoms with Gasteiger partial charge in [0.1, 0.15) is 5.54 Å². The van der Waals surface area contributed by atoms with Crippen LogP contribution in [-0.4, -0.2) is 23.2 Å². The fourth-order valence-corrected chi connectivity index (χ4v) is 2.84. The first-order valence-corrected chi connectivity index (χ1v) is 7.13. The molecule has 0 amide bonds. The second-order valence-electron chi connectivity index (χ2n) is 5.40. The maximum atomic E-state index is 11.5. The van der Waals surface area contributed by atoms with Gasteiger partial charge in [0, 0.05) is 0 Å². The SMILES string of the molecule is CCCCNC1(C(=O)O)CCC(CCC)CC1. The van der Waals surface area contributed by atoms with Crippen molar-refractivity contribution >= 4 is 5.97 Å². The Labute approximate surface area is 105 Å². The summed E-state index contributed by atoms with van der Waals surface area (Å²) in [5.74, 6) is 0.101. The van der Waals surface area contributed by atoms with Crippen molar-refractivity contribution in [2.24, 2.45) is 5.92 Å². The highest BCUT2D eigenvalue weighted by molar-refractivity contribution is 5.78. The zero-order chi connectivity index (χ0) is 12.7. The summed E-state index contributed by atoms with van der Waals surface area (Å²) in [6.45, 7) is 5.17.